The largest absolute Gasteiger partial charge is 0.396 e. The summed E-state index contributed by atoms with van der Waals surface area (Å²) in [4.78, 5) is 8.55. The first-order valence-corrected chi connectivity index (χ1v) is 6.53. The van der Waals surface area contributed by atoms with Gasteiger partial charge in [-0.15, -0.1) is 0 Å². The molecule has 1 aromatic heterocycles. The second-order valence-electron chi connectivity index (χ2n) is 4.47. The zero-order valence-electron chi connectivity index (χ0n) is 9.83. The summed E-state index contributed by atoms with van der Waals surface area (Å²) in [5.74, 6) is 1.40. The van der Waals surface area contributed by atoms with Crippen LogP contribution in [0.25, 0.3) is 0 Å². The van der Waals surface area contributed by atoms with E-state index in [0.29, 0.717) is 5.95 Å². The van der Waals surface area contributed by atoms with Gasteiger partial charge in [0.25, 0.3) is 0 Å². The maximum Gasteiger partial charge on any atom is 0.224 e. The van der Waals surface area contributed by atoms with Crippen LogP contribution in [-0.2, 0) is 0 Å². The molecule has 1 aliphatic carbocycles. The Balaban J connectivity index is 1.95. The van der Waals surface area contributed by atoms with Crippen LogP contribution in [0.3, 0.4) is 0 Å². The molecule has 94 valence electrons. The van der Waals surface area contributed by atoms with Crippen molar-refractivity contribution in [3.05, 3.63) is 10.7 Å². The van der Waals surface area contributed by atoms with Crippen molar-refractivity contribution < 1.29 is 5.11 Å². The van der Waals surface area contributed by atoms with Gasteiger partial charge in [-0.3, -0.25) is 0 Å². The molecule has 0 aromatic carbocycles. The first-order chi connectivity index (χ1) is 8.19. The van der Waals surface area contributed by atoms with E-state index in [1.54, 1.807) is 6.20 Å². The van der Waals surface area contributed by atoms with Crippen molar-refractivity contribution in [3.8, 4) is 0 Å². The van der Waals surface area contributed by atoms with Crippen molar-refractivity contribution in [2.75, 3.05) is 30.8 Å². The minimum atomic E-state index is 0.255. The summed E-state index contributed by atoms with van der Waals surface area (Å²) in [6.07, 6.45) is 4.94. The third-order valence-electron chi connectivity index (χ3n) is 3.20. The number of aliphatic hydroxyl groups is 1. The van der Waals surface area contributed by atoms with Gasteiger partial charge in [-0.25, -0.2) is 4.98 Å². The zero-order chi connectivity index (χ0) is 12.3. The smallest absolute Gasteiger partial charge is 0.224 e. The van der Waals surface area contributed by atoms with Crippen molar-refractivity contribution in [2.45, 2.75) is 19.3 Å². The van der Waals surface area contributed by atoms with Gasteiger partial charge in [0.15, 0.2) is 0 Å². The van der Waals surface area contributed by atoms with Gasteiger partial charge in [-0.1, -0.05) is 0 Å². The summed E-state index contributed by atoms with van der Waals surface area (Å²) in [5, 5.41) is 15.2. The predicted molar refractivity (Wildman–Crippen MR) is 71.1 cm³/mol. The molecule has 0 unspecified atom stereocenters. The van der Waals surface area contributed by atoms with Crippen molar-refractivity contribution >= 4 is 27.7 Å². The molecule has 1 fully saturated rings. The zero-order valence-corrected chi connectivity index (χ0v) is 11.4. The average molecular weight is 301 g/mol. The summed E-state index contributed by atoms with van der Waals surface area (Å²) < 4.78 is 0.849. The number of aliphatic hydroxyl groups excluding tert-OH is 1. The van der Waals surface area contributed by atoms with Crippen LogP contribution in [0.15, 0.2) is 10.7 Å². The lowest BCUT2D eigenvalue weighted by atomic mass is 10.0. The molecule has 1 saturated carbocycles. The Hall–Kier alpha value is -0.880. The molecule has 5 nitrogen and oxygen atoms in total. The lowest BCUT2D eigenvalue weighted by molar-refractivity contribution is 0.253. The fourth-order valence-electron chi connectivity index (χ4n) is 1.82. The monoisotopic (exact) mass is 300 g/mol. The molecular formula is C11H17BrN4O. The van der Waals surface area contributed by atoms with Crippen LogP contribution in [0.1, 0.15) is 19.3 Å². The number of nitrogens with zero attached hydrogens (tertiary/aromatic N) is 2. The van der Waals surface area contributed by atoms with E-state index in [4.69, 9.17) is 5.11 Å². The number of anilines is 2. The second kappa shape index (κ2) is 5.18. The molecule has 0 amide bonds. The maximum absolute atomic E-state index is 8.98. The fourth-order valence-corrected chi connectivity index (χ4v) is 2.21. The van der Waals surface area contributed by atoms with Gasteiger partial charge >= 0.3 is 0 Å². The van der Waals surface area contributed by atoms with Crippen LogP contribution in [0.4, 0.5) is 11.8 Å². The molecule has 1 aromatic rings. The molecule has 0 radical (unpaired) electrons. The molecule has 3 N–H and O–H groups in total. The van der Waals surface area contributed by atoms with Crippen molar-refractivity contribution in [1.29, 1.82) is 0 Å². The van der Waals surface area contributed by atoms with Crippen LogP contribution in [-0.4, -0.2) is 35.3 Å². The molecule has 0 aliphatic heterocycles. The minimum Gasteiger partial charge on any atom is -0.396 e. The number of aromatic nitrogens is 2. The normalized spacial score (nSPS) is 16.6. The van der Waals surface area contributed by atoms with Gasteiger partial charge in [-0.2, -0.15) is 4.98 Å². The molecular weight excluding hydrogens is 284 g/mol. The van der Waals surface area contributed by atoms with Crippen LogP contribution in [0.5, 0.6) is 0 Å². The molecule has 6 heteroatoms. The Bertz CT molecular complexity index is 395. The third kappa shape index (κ3) is 3.07. The van der Waals surface area contributed by atoms with E-state index >= 15 is 0 Å². The second-order valence-corrected chi connectivity index (χ2v) is 5.32. The standard InChI is InChI=1S/C11H17BrN4O/c1-13-9-8(12)6-14-10(16-9)15-7-11(2-3-11)4-5-17/h6,17H,2-5,7H2,1H3,(H2,13,14,15,16). The Labute approximate surface area is 109 Å². The Morgan fingerprint density at radius 1 is 1.53 bits per heavy atom. The van der Waals surface area contributed by atoms with E-state index in [2.05, 4.69) is 36.5 Å². The highest BCUT2D eigenvalue weighted by Gasteiger charge is 2.41. The highest BCUT2D eigenvalue weighted by molar-refractivity contribution is 9.10. The highest BCUT2D eigenvalue weighted by atomic mass is 79.9. The van der Waals surface area contributed by atoms with Gasteiger partial charge < -0.3 is 15.7 Å². The number of rotatable bonds is 6. The Morgan fingerprint density at radius 2 is 2.29 bits per heavy atom. The van der Waals surface area contributed by atoms with Crippen molar-refractivity contribution in [3.63, 3.8) is 0 Å². The van der Waals surface area contributed by atoms with Crippen LogP contribution in [0.2, 0.25) is 0 Å². The Morgan fingerprint density at radius 3 is 2.88 bits per heavy atom. The van der Waals surface area contributed by atoms with E-state index in [0.717, 1.165) is 23.3 Å². The average Bonchev–Trinajstić information content (AvgIpc) is 3.09. The molecule has 0 bridgehead atoms. The van der Waals surface area contributed by atoms with Crippen molar-refractivity contribution in [2.24, 2.45) is 5.41 Å². The fraction of sp³-hybridized carbons (Fsp3) is 0.636. The molecule has 0 spiro atoms. The van der Waals surface area contributed by atoms with Gasteiger partial charge in [0.05, 0.1) is 4.47 Å². The minimum absolute atomic E-state index is 0.255. The maximum atomic E-state index is 8.98. The topological polar surface area (TPSA) is 70.1 Å². The van der Waals surface area contributed by atoms with Crippen LogP contribution >= 0.6 is 15.9 Å². The number of nitrogens with one attached hydrogen (secondary N) is 2. The molecule has 1 aliphatic rings. The number of halogens is 1. The molecule has 0 atom stereocenters. The summed E-state index contributed by atoms with van der Waals surface area (Å²) >= 11 is 3.37. The molecule has 1 heterocycles. The van der Waals surface area contributed by atoms with E-state index in [1.165, 1.54) is 12.8 Å². The summed E-state index contributed by atoms with van der Waals surface area (Å²) in [7, 11) is 1.82. The molecule has 2 rings (SSSR count). The lowest BCUT2D eigenvalue weighted by Gasteiger charge is -2.14. The SMILES string of the molecule is CNc1nc(NCC2(CCO)CC2)ncc1Br. The van der Waals surface area contributed by atoms with E-state index in [-0.39, 0.29) is 12.0 Å². The summed E-state index contributed by atoms with van der Waals surface area (Å²) in [5.41, 5.74) is 0.269. The predicted octanol–water partition coefficient (Wildman–Crippen LogP) is 1.86. The third-order valence-corrected chi connectivity index (χ3v) is 3.78. The summed E-state index contributed by atoms with van der Waals surface area (Å²) in [6.45, 7) is 1.09. The quantitative estimate of drug-likeness (QED) is 0.748. The van der Waals surface area contributed by atoms with Crippen LogP contribution in [0, 0.1) is 5.41 Å². The number of hydrogen-bond acceptors (Lipinski definition) is 5. The first-order valence-electron chi connectivity index (χ1n) is 5.74. The van der Waals surface area contributed by atoms with Gasteiger partial charge in [0.1, 0.15) is 5.82 Å². The van der Waals surface area contributed by atoms with E-state index in [9.17, 15) is 0 Å². The molecule has 0 saturated heterocycles. The first kappa shape index (κ1) is 12.6. The Kier molecular flexibility index (Phi) is 3.83. The number of hydrogen-bond donors (Lipinski definition) is 3. The van der Waals surface area contributed by atoms with E-state index in [1.807, 2.05) is 7.05 Å². The molecule has 17 heavy (non-hydrogen) atoms. The lowest BCUT2D eigenvalue weighted by Crippen LogP contribution is -2.18. The van der Waals surface area contributed by atoms with Gasteiger partial charge in [0.2, 0.25) is 5.95 Å². The van der Waals surface area contributed by atoms with Gasteiger partial charge in [0, 0.05) is 26.4 Å². The van der Waals surface area contributed by atoms with Gasteiger partial charge in [-0.05, 0) is 40.6 Å². The van der Waals surface area contributed by atoms with Crippen molar-refractivity contribution in [1.82, 2.24) is 9.97 Å². The summed E-state index contributed by atoms with van der Waals surface area (Å²) in [6, 6.07) is 0. The van der Waals surface area contributed by atoms with Crippen LogP contribution < -0.4 is 10.6 Å². The highest BCUT2D eigenvalue weighted by Crippen LogP contribution is 2.48. The van der Waals surface area contributed by atoms with E-state index < -0.39 is 0 Å².